The van der Waals surface area contributed by atoms with E-state index in [0.717, 1.165) is 15.4 Å². The van der Waals surface area contributed by atoms with E-state index in [-0.39, 0.29) is 19.1 Å². The van der Waals surface area contributed by atoms with Crippen LogP contribution in [0.3, 0.4) is 0 Å². The standard InChI is InChI=1S/C22H20ClIN2O4S/c1-31(28,29)26(14-16-2-4-17(23)5-3-16)20-10-12-21(13-11-20)30-15-22(27)25-19-8-6-18(24)7-9-19/h2-13H,14-15H2,1H3,(H,25,27). The minimum Gasteiger partial charge on any atom is -0.484 e. The van der Waals surface area contributed by atoms with Gasteiger partial charge in [-0.25, -0.2) is 8.42 Å². The molecule has 3 aromatic carbocycles. The fourth-order valence-electron chi connectivity index (χ4n) is 2.74. The lowest BCUT2D eigenvalue weighted by molar-refractivity contribution is -0.118. The Bertz CT molecular complexity index is 1140. The molecule has 31 heavy (non-hydrogen) atoms. The number of hydrogen-bond acceptors (Lipinski definition) is 4. The molecule has 0 spiro atoms. The average molecular weight is 571 g/mol. The first kappa shape index (κ1) is 23.4. The van der Waals surface area contributed by atoms with Crippen molar-refractivity contribution in [3.05, 3.63) is 87.0 Å². The van der Waals surface area contributed by atoms with Crippen molar-refractivity contribution in [3.8, 4) is 5.75 Å². The van der Waals surface area contributed by atoms with Crippen LogP contribution in [-0.2, 0) is 21.4 Å². The zero-order valence-electron chi connectivity index (χ0n) is 16.6. The number of rotatable bonds is 8. The number of halogens is 2. The van der Waals surface area contributed by atoms with E-state index < -0.39 is 10.0 Å². The van der Waals surface area contributed by atoms with Gasteiger partial charge in [-0.15, -0.1) is 0 Å². The molecule has 0 aliphatic heterocycles. The lowest BCUT2D eigenvalue weighted by Crippen LogP contribution is -2.29. The van der Waals surface area contributed by atoms with Crippen LogP contribution in [0.25, 0.3) is 0 Å². The predicted octanol–water partition coefficient (Wildman–Crippen LogP) is 4.93. The number of carbonyl (C=O) groups is 1. The molecule has 0 aliphatic carbocycles. The summed E-state index contributed by atoms with van der Waals surface area (Å²) in [6, 6.07) is 21.0. The number of amides is 1. The van der Waals surface area contributed by atoms with Gasteiger partial charge in [0.1, 0.15) is 5.75 Å². The van der Waals surface area contributed by atoms with Crippen LogP contribution in [-0.4, -0.2) is 27.2 Å². The molecule has 3 aromatic rings. The monoisotopic (exact) mass is 570 g/mol. The predicted molar refractivity (Wildman–Crippen MR) is 132 cm³/mol. The second kappa shape index (κ2) is 10.3. The number of anilines is 2. The van der Waals surface area contributed by atoms with Crippen LogP contribution in [0.1, 0.15) is 5.56 Å². The Kier molecular flexibility index (Phi) is 7.79. The molecule has 0 aromatic heterocycles. The lowest BCUT2D eigenvalue weighted by atomic mass is 10.2. The highest BCUT2D eigenvalue weighted by atomic mass is 127. The molecule has 0 heterocycles. The summed E-state index contributed by atoms with van der Waals surface area (Å²) in [5.74, 6) is 0.173. The molecule has 0 radical (unpaired) electrons. The molecule has 0 saturated heterocycles. The first-order chi connectivity index (χ1) is 14.7. The van der Waals surface area contributed by atoms with Gasteiger partial charge in [0.05, 0.1) is 18.5 Å². The van der Waals surface area contributed by atoms with Crippen molar-refractivity contribution in [3.63, 3.8) is 0 Å². The Labute approximate surface area is 200 Å². The SMILES string of the molecule is CS(=O)(=O)N(Cc1ccc(Cl)cc1)c1ccc(OCC(=O)Nc2ccc(I)cc2)cc1. The summed E-state index contributed by atoms with van der Waals surface area (Å²) in [6.07, 6.45) is 1.16. The van der Waals surface area contributed by atoms with Crippen LogP contribution in [0, 0.1) is 3.57 Å². The van der Waals surface area contributed by atoms with Gasteiger partial charge in [0.15, 0.2) is 6.61 Å². The number of carbonyl (C=O) groups excluding carboxylic acids is 1. The summed E-state index contributed by atoms with van der Waals surface area (Å²) in [6.45, 7) is 0.0144. The largest absolute Gasteiger partial charge is 0.484 e. The molecule has 0 saturated carbocycles. The number of nitrogens with one attached hydrogen (secondary N) is 1. The Morgan fingerprint density at radius 3 is 2.19 bits per heavy atom. The molecule has 9 heteroatoms. The summed E-state index contributed by atoms with van der Waals surface area (Å²) in [5.41, 5.74) is 1.99. The fourth-order valence-corrected chi connectivity index (χ4v) is 4.12. The van der Waals surface area contributed by atoms with Crippen LogP contribution in [0.15, 0.2) is 72.8 Å². The molecular formula is C22H20ClIN2O4S. The minimum absolute atomic E-state index is 0.161. The second-order valence-electron chi connectivity index (χ2n) is 6.73. The van der Waals surface area contributed by atoms with Crippen LogP contribution in [0.4, 0.5) is 11.4 Å². The summed E-state index contributed by atoms with van der Waals surface area (Å²) < 4.78 is 32.5. The molecule has 0 fully saturated rings. The van der Waals surface area contributed by atoms with Gasteiger partial charge in [0.2, 0.25) is 10.0 Å². The molecule has 1 amide bonds. The Morgan fingerprint density at radius 1 is 1.00 bits per heavy atom. The fraction of sp³-hybridized carbons (Fsp3) is 0.136. The third-order valence-corrected chi connectivity index (χ3v) is 6.37. The Hall–Kier alpha value is -2.30. The first-order valence-corrected chi connectivity index (χ1v) is 12.5. The van der Waals surface area contributed by atoms with Crippen molar-refractivity contribution >= 4 is 61.5 Å². The van der Waals surface area contributed by atoms with Crippen LogP contribution in [0.5, 0.6) is 5.75 Å². The highest BCUT2D eigenvalue weighted by molar-refractivity contribution is 14.1. The number of sulfonamides is 1. The zero-order valence-corrected chi connectivity index (χ0v) is 20.3. The van der Waals surface area contributed by atoms with E-state index in [9.17, 15) is 13.2 Å². The van der Waals surface area contributed by atoms with E-state index in [2.05, 4.69) is 27.9 Å². The smallest absolute Gasteiger partial charge is 0.262 e. The van der Waals surface area contributed by atoms with Crippen molar-refractivity contribution < 1.29 is 17.9 Å². The van der Waals surface area contributed by atoms with E-state index in [1.807, 2.05) is 24.3 Å². The molecule has 0 unspecified atom stereocenters. The molecule has 1 N–H and O–H groups in total. The van der Waals surface area contributed by atoms with Crippen LogP contribution < -0.4 is 14.4 Å². The molecule has 0 aliphatic rings. The number of benzene rings is 3. The maximum Gasteiger partial charge on any atom is 0.262 e. The summed E-state index contributed by atoms with van der Waals surface area (Å²) in [5, 5.41) is 3.34. The molecule has 3 rings (SSSR count). The highest BCUT2D eigenvalue weighted by Gasteiger charge is 2.18. The Morgan fingerprint density at radius 2 is 1.61 bits per heavy atom. The molecule has 162 valence electrons. The van der Waals surface area contributed by atoms with Crippen molar-refractivity contribution in [1.29, 1.82) is 0 Å². The van der Waals surface area contributed by atoms with Gasteiger partial charge < -0.3 is 10.1 Å². The second-order valence-corrected chi connectivity index (χ2v) is 10.3. The van der Waals surface area contributed by atoms with E-state index in [1.54, 1.807) is 48.5 Å². The molecule has 6 nitrogen and oxygen atoms in total. The third-order valence-electron chi connectivity index (χ3n) is 4.26. The lowest BCUT2D eigenvalue weighted by Gasteiger charge is -2.23. The zero-order chi connectivity index (χ0) is 22.4. The number of hydrogen-bond donors (Lipinski definition) is 1. The van der Waals surface area contributed by atoms with Crippen molar-refractivity contribution in [2.24, 2.45) is 0 Å². The maximum absolute atomic E-state index is 12.3. The average Bonchev–Trinajstić information content (AvgIpc) is 2.73. The quantitative estimate of drug-likeness (QED) is 0.390. The van der Waals surface area contributed by atoms with Gasteiger partial charge in [-0.3, -0.25) is 9.10 Å². The van der Waals surface area contributed by atoms with Gasteiger partial charge in [0.25, 0.3) is 5.91 Å². The van der Waals surface area contributed by atoms with E-state index in [4.69, 9.17) is 16.3 Å². The molecule has 0 atom stereocenters. The van der Waals surface area contributed by atoms with Gasteiger partial charge in [-0.05, 0) is 88.8 Å². The first-order valence-electron chi connectivity index (χ1n) is 9.21. The van der Waals surface area contributed by atoms with E-state index in [0.29, 0.717) is 22.1 Å². The van der Waals surface area contributed by atoms with Gasteiger partial charge in [0, 0.05) is 14.3 Å². The summed E-state index contributed by atoms with van der Waals surface area (Å²) in [7, 11) is -3.51. The van der Waals surface area contributed by atoms with Gasteiger partial charge in [-0.1, -0.05) is 23.7 Å². The highest BCUT2D eigenvalue weighted by Crippen LogP contribution is 2.24. The topological polar surface area (TPSA) is 75.7 Å². The van der Waals surface area contributed by atoms with Gasteiger partial charge >= 0.3 is 0 Å². The van der Waals surface area contributed by atoms with Crippen LogP contribution in [0.2, 0.25) is 5.02 Å². The van der Waals surface area contributed by atoms with Gasteiger partial charge in [-0.2, -0.15) is 0 Å². The Balaban J connectivity index is 1.63. The van der Waals surface area contributed by atoms with Crippen molar-refractivity contribution in [2.45, 2.75) is 6.54 Å². The summed E-state index contributed by atoms with van der Waals surface area (Å²) in [4.78, 5) is 12.1. The number of ether oxygens (including phenoxy) is 1. The van der Waals surface area contributed by atoms with E-state index in [1.165, 1.54) is 4.31 Å². The maximum atomic E-state index is 12.3. The normalized spacial score (nSPS) is 11.1. The molecule has 0 bridgehead atoms. The third kappa shape index (κ3) is 7.12. The van der Waals surface area contributed by atoms with Crippen molar-refractivity contribution in [1.82, 2.24) is 0 Å². The van der Waals surface area contributed by atoms with E-state index >= 15 is 0 Å². The molecular weight excluding hydrogens is 551 g/mol. The van der Waals surface area contributed by atoms with Crippen molar-refractivity contribution in [2.75, 3.05) is 22.5 Å². The summed E-state index contributed by atoms with van der Waals surface area (Å²) >= 11 is 8.09. The van der Waals surface area contributed by atoms with Crippen LogP contribution >= 0.6 is 34.2 Å². The minimum atomic E-state index is -3.51. The number of nitrogens with zero attached hydrogens (tertiary/aromatic N) is 1.